The molecule has 0 aliphatic carbocycles. The normalized spacial score (nSPS) is 10.6. The van der Waals surface area contributed by atoms with Gasteiger partial charge in [0.05, 0.1) is 5.56 Å². The molecule has 4 aromatic carbocycles. The maximum absolute atomic E-state index is 12.2. The van der Waals surface area contributed by atoms with Gasteiger partial charge in [0.25, 0.3) is 0 Å². The van der Waals surface area contributed by atoms with Crippen molar-refractivity contribution in [3.63, 3.8) is 0 Å². The summed E-state index contributed by atoms with van der Waals surface area (Å²) in [4.78, 5) is 24.1. The molecular weight excluding hydrogens is 463 g/mol. The Morgan fingerprint density at radius 1 is 0.667 bits per heavy atom. The lowest BCUT2D eigenvalue weighted by Crippen LogP contribution is -2.09. The van der Waals surface area contributed by atoms with E-state index in [0.717, 1.165) is 11.1 Å². The van der Waals surface area contributed by atoms with Gasteiger partial charge in [0.1, 0.15) is 17.1 Å². The first-order chi connectivity index (χ1) is 15.8. The Balaban J connectivity index is 1.77. The van der Waals surface area contributed by atoms with Crippen molar-refractivity contribution < 1.29 is 24.5 Å². The zero-order chi connectivity index (χ0) is 23.5. The van der Waals surface area contributed by atoms with Gasteiger partial charge >= 0.3 is 11.9 Å². The quantitative estimate of drug-likeness (QED) is 0.299. The van der Waals surface area contributed by atoms with Crippen LogP contribution in [-0.2, 0) is 0 Å². The zero-order valence-electron chi connectivity index (χ0n) is 17.0. The largest absolute Gasteiger partial charge is 0.478 e. The molecule has 0 amide bonds. The van der Waals surface area contributed by atoms with E-state index in [4.69, 9.17) is 27.9 Å². The SMILES string of the molecule is O=C(O)c1ccc(Oc2ccc(-c3cccc(Cl)c3)cc2)c(C(=O)O)c1-c1cccc(Cl)c1. The minimum atomic E-state index is -1.32. The van der Waals surface area contributed by atoms with Crippen LogP contribution in [0.3, 0.4) is 0 Å². The fraction of sp³-hybridized carbons (Fsp3) is 0. The van der Waals surface area contributed by atoms with Crippen molar-refractivity contribution in [3.8, 4) is 33.8 Å². The third-order valence-electron chi connectivity index (χ3n) is 4.96. The van der Waals surface area contributed by atoms with Gasteiger partial charge in [0.2, 0.25) is 0 Å². The molecule has 7 heteroatoms. The van der Waals surface area contributed by atoms with Crippen molar-refractivity contribution in [2.24, 2.45) is 0 Å². The highest BCUT2D eigenvalue weighted by molar-refractivity contribution is 6.31. The second kappa shape index (κ2) is 9.36. The van der Waals surface area contributed by atoms with Crippen molar-refractivity contribution in [2.45, 2.75) is 0 Å². The van der Waals surface area contributed by atoms with Crippen molar-refractivity contribution in [1.82, 2.24) is 0 Å². The van der Waals surface area contributed by atoms with Crippen LogP contribution in [-0.4, -0.2) is 22.2 Å². The molecule has 0 spiro atoms. The molecule has 0 saturated carbocycles. The smallest absolute Gasteiger partial charge is 0.340 e. The number of carbonyl (C=O) groups is 2. The summed E-state index contributed by atoms with van der Waals surface area (Å²) in [6.07, 6.45) is 0. The molecule has 33 heavy (non-hydrogen) atoms. The highest BCUT2D eigenvalue weighted by Crippen LogP contribution is 2.37. The van der Waals surface area contributed by atoms with E-state index in [2.05, 4.69) is 0 Å². The van der Waals surface area contributed by atoms with E-state index in [1.807, 2.05) is 30.3 Å². The number of rotatable bonds is 6. The van der Waals surface area contributed by atoms with Gasteiger partial charge in [-0.05, 0) is 65.2 Å². The number of benzene rings is 4. The van der Waals surface area contributed by atoms with Gasteiger partial charge in [-0.3, -0.25) is 0 Å². The van der Waals surface area contributed by atoms with Crippen LogP contribution in [0.2, 0.25) is 10.0 Å². The van der Waals surface area contributed by atoms with E-state index < -0.39 is 11.9 Å². The summed E-state index contributed by atoms with van der Waals surface area (Å²) in [5, 5.41) is 20.6. The van der Waals surface area contributed by atoms with Crippen LogP contribution in [0.15, 0.2) is 84.9 Å². The summed E-state index contributed by atoms with van der Waals surface area (Å²) in [6, 6.07) is 23.5. The minimum absolute atomic E-state index is 0.0120. The third-order valence-corrected chi connectivity index (χ3v) is 5.43. The zero-order valence-corrected chi connectivity index (χ0v) is 18.5. The van der Waals surface area contributed by atoms with Crippen LogP contribution < -0.4 is 4.74 Å². The fourth-order valence-corrected chi connectivity index (χ4v) is 3.89. The lowest BCUT2D eigenvalue weighted by Gasteiger charge is -2.16. The average Bonchev–Trinajstić information content (AvgIpc) is 2.79. The Bertz CT molecular complexity index is 1360. The minimum Gasteiger partial charge on any atom is -0.478 e. The highest BCUT2D eigenvalue weighted by atomic mass is 35.5. The van der Waals surface area contributed by atoms with Crippen molar-refractivity contribution >= 4 is 35.1 Å². The first-order valence-corrected chi connectivity index (χ1v) is 10.5. The maximum Gasteiger partial charge on any atom is 0.340 e. The first-order valence-electron chi connectivity index (χ1n) is 9.77. The fourth-order valence-electron chi connectivity index (χ4n) is 3.51. The Morgan fingerprint density at radius 3 is 1.85 bits per heavy atom. The number of hydrogen-bond acceptors (Lipinski definition) is 3. The number of aromatic carboxylic acids is 2. The second-order valence-corrected chi connectivity index (χ2v) is 7.99. The van der Waals surface area contributed by atoms with Crippen molar-refractivity contribution in [3.05, 3.63) is 106 Å². The Labute approximate surface area is 199 Å². The summed E-state index contributed by atoms with van der Waals surface area (Å²) < 4.78 is 5.88. The summed E-state index contributed by atoms with van der Waals surface area (Å²) in [5.41, 5.74) is 1.78. The molecule has 0 aliphatic rings. The van der Waals surface area contributed by atoms with Crippen LogP contribution in [0.4, 0.5) is 0 Å². The van der Waals surface area contributed by atoms with Gasteiger partial charge in [0.15, 0.2) is 0 Å². The van der Waals surface area contributed by atoms with Gasteiger partial charge < -0.3 is 14.9 Å². The topological polar surface area (TPSA) is 83.8 Å². The van der Waals surface area contributed by atoms with Crippen LogP contribution in [0.1, 0.15) is 20.7 Å². The van der Waals surface area contributed by atoms with Gasteiger partial charge in [0, 0.05) is 15.6 Å². The molecular formula is C26H16Cl2O5. The number of carboxylic acids is 2. The molecule has 5 nitrogen and oxygen atoms in total. The monoisotopic (exact) mass is 478 g/mol. The third kappa shape index (κ3) is 4.85. The average molecular weight is 479 g/mol. The van der Waals surface area contributed by atoms with Gasteiger partial charge in [-0.1, -0.05) is 59.6 Å². The van der Waals surface area contributed by atoms with E-state index in [1.165, 1.54) is 18.2 Å². The predicted molar refractivity (Wildman–Crippen MR) is 128 cm³/mol. The molecule has 0 saturated heterocycles. The lowest BCUT2D eigenvalue weighted by atomic mass is 9.93. The molecule has 0 atom stereocenters. The number of carboxylic acid groups (broad SMARTS) is 2. The van der Waals surface area contributed by atoms with Gasteiger partial charge in [-0.15, -0.1) is 0 Å². The molecule has 0 unspecified atom stereocenters. The maximum atomic E-state index is 12.2. The molecule has 164 valence electrons. The van der Waals surface area contributed by atoms with E-state index in [9.17, 15) is 19.8 Å². The molecule has 0 bridgehead atoms. The Hall–Kier alpha value is -3.80. The summed E-state index contributed by atoms with van der Waals surface area (Å²) in [7, 11) is 0. The van der Waals surface area contributed by atoms with E-state index >= 15 is 0 Å². The molecule has 4 aromatic rings. The number of hydrogen-bond donors (Lipinski definition) is 2. The van der Waals surface area contributed by atoms with E-state index in [0.29, 0.717) is 21.4 Å². The summed E-state index contributed by atoms with van der Waals surface area (Å²) in [6.45, 7) is 0. The first kappa shape index (κ1) is 22.4. The Kier molecular flexibility index (Phi) is 6.36. The predicted octanol–water partition coefficient (Wildman–Crippen LogP) is 7.52. The van der Waals surface area contributed by atoms with Crippen LogP contribution in [0.5, 0.6) is 11.5 Å². The van der Waals surface area contributed by atoms with E-state index in [1.54, 1.807) is 36.4 Å². The van der Waals surface area contributed by atoms with E-state index in [-0.39, 0.29) is 22.4 Å². The lowest BCUT2D eigenvalue weighted by molar-refractivity contribution is 0.0694. The Morgan fingerprint density at radius 2 is 1.27 bits per heavy atom. The standard InChI is InChI=1S/C26H16Cl2O5/c27-18-5-1-3-16(13-18)15-7-9-20(10-8-15)33-22-12-11-21(25(29)30)23(24(22)26(31)32)17-4-2-6-19(28)14-17/h1-14H,(H,29,30)(H,31,32). The van der Waals surface area contributed by atoms with Crippen molar-refractivity contribution in [2.75, 3.05) is 0 Å². The molecule has 2 N–H and O–H groups in total. The second-order valence-electron chi connectivity index (χ2n) is 7.12. The molecule has 0 fully saturated rings. The van der Waals surface area contributed by atoms with Gasteiger partial charge in [-0.2, -0.15) is 0 Å². The molecule has 0 heterocycles. The molecule has 0 aliphatic heterocycles. The molecule has 0 radical (unpaired) electrons. The molecule has 0 aromatic heterocycles. The number of ether oxygens (including phenoxy) is 1. The molecule has 4 rings (SSSR count). The van der Waals surface area contributed by atoms with Crippen molar-refractivity contribution in [1.29, 1.82) is 0 Å². The van der Waals surface area contributed by atoms with Crippen LogP contribution in [0.25, 0.3) is 22.3 Å². The highest BCUT2D eigenvalue weighted by Gasteiger charge is 2.25. The van der Waals surface area contributed by atoms with Gasteiger partial charge in [-0.25, -0.2) is 9.59 Å². The van der Waals surface area contributed by atoms with Crippen LogP contribution >= 0.6 is 23.2 Å². The summed E-state index contributed by atoms with van der Waals surface area (Å²) in [5.74, 6) is -2.18. The van der Waals surface area contributed by atoms with Crippen LogP contribution in [0, 0.1) is 0 Å². The number of halogens is 2. The summed E-state index contributed by atoms with van der Waals surface area (Å²) >= 11 is 12.1.